The lowest BCUT2D eigenvalue weighted by Crippen LogP contribution is -2.50. The molecule has 1 aromatic carbocycles. The maximum atomic E-state index is 12.4. The van der Waals surface area contributed by atoms with Gasteiger partial charge in [0.05, 0.1) is 17.4 Å². The number of nitrogens with one attached hydrogen (secondary N) is 2. The normalized spacial score (nSPS) is 21.2. The molecule has 2 fully saturated rings. The Bertz CT molecular complexity index is 626. The number of amides is 4. The van der Waals surface area contributed by atoms with Gasteiger partial charge in [-0.2, -0.15) is 0 Å². The lowest BCUT2D eigenvalue weighted by molar-refractivity contribution is -0.120. The number of hydrogen-bond donors (Lipinski definition) is 2. The van der Waals surface area contributed by atoms with Crippen molar-refractivity contribution in [1.29, 1.82) is 0 Å². The fraction of sp³-hybridized carbons (Fsp3) is 0.438. The second-order valence-electron chi connectivity index (χ2n) is 5.62. The van der Waals surface area contributed by atoms with Crippen LogP contribution in [0.2, 0.25) is 0 Å². The van der Waals surface area contributed by atoms with Gasteiger partial charge in [0.1, 0.15) is 0 Å². The SMILES string of the molecule is O=C1CCN(c2ccccc2C(=O)NCC2CCCO2)C(=O)N1. The number of ether oxygens (including phenoxy) is 1. The van der Waals surface area contributed by atoms with Crippen LogP contribution < -0.4 is 15.5 Å². The molecule has 0 aliphatic carbocycles. The number of para-hydroxylation sites is 1. The van der Waals surface area contributed by atoms with Gasteiger partial charge in [-0.1, -0.05) is 12.1 Å². The zero-order valence-electron chi connectivity index (χ0n) is 12.7. The summed E-state index contributed by atoms with van der Waals surface area (Å²) >= 11 is 0. The minimum absolute atomic E-state index is 0.0574. The van der Waals surface area contributed by atoms with E-state index >= 15 is 0 Å². The summed E-state index contributed by atoms with van der Waals surface area (Å²) in [4.78, 5) is 37.1. The third-order valence-corrected chi connectivity index (χ3v) is 4.01. The molecule has 1 unspecified atom stereocenters. The molecule has 0 bridgehead atoms. The first kappa shape index (κ1) is 15.5. The van der Waals surface area contributed by atoms with Crippen molar-refractivity contribution in [2.45, 2.75) is 25.4 Å². The van der Waals surface area contributed by atoms with E-state index < -0.39 is 6.03 Å². The molecule has 2 N–H and O–H groups in total. The van der Waals surface area contributed by atoms with Gasteiger partial charge in [-0.25, -0.2) is 4.79 Å². The summed E-state index contributed by atoms with van der Waals surface area (Å²) in [5.41, 5.74) is 0.914. The Labute approximate surface area is 134 Å². The summed E-state index contributed by atoms with van der Waals surface area (Å²) in [5, 5.41) is 5.12. The molecule has 23 heavy (non-hydrogen) atoms. The number of benzene rings is 1. The summed E-state index contributed by atoms with van der Waals surface area (Å²) in [5.74, 6) is -0.549. The molecule has 2 saturated heterocycles. The molecule has 0 saturated carbocycles. The highest BCUT2D eigenvalue weighted by molar-refractivity contribution is 6.09. The molecule has 7 heteroatoms. The van der Waals surface area contributed by atoms with E-state index in [0.29, 0.717) is 17.8 Å². The van der Waals surface area contributed by atoms with Crippen LogP contribution in [-0.2, 0) is 9.53 Å². The van der Waals surface area contributed by atoms with Gasteiger partial charge in [0, 0.05) is 26.1 Å². The van der Waals surface area contributed by atoms with Crippen LogP contribution in [0.15, 0.2) is 24.3 Å². The lowest BCUT2D eigenvalue weighted by atomic mass is 10.1. The topological polar surface area (TPSA) is 87.7 Å². The fourth-order valence-corrected chi connectivity index (χ4v) is 2.80. The van der Waals surface area contributed by atoms with E-state index in [2.05, 4.69) is 10.6 Å². The van der Waals surface area contributed by atoms with E-state index in [9.17, 15) is 14.4 Å². The minimum atomic E-state index is -0.499. The first-order valence-electron chi connectivity index (χ1n) is 7.75. The number of carbonyl (C=O) groups is 3. The molecule has 2 aliphatic heterocycles. The number of nitrogens with zero attached hydrogens (tertiary/aromatic N) is 1. The number of urea groups is 1. The van der Waals surface area contributed by atoms with Crippen molar-refractivity contribution in [2.75, 3.05) is 24.6 Å². The van der Waals surface area contributed by atoms with Crippen LogP contribution in [-0.4, -0.2) is 43.6 Å². The Balaban J connectivity index is 1.73. The van der Waals surface area contributed by atoms with Crippen LogP contribution in [0.4, 0.5) is 10.5 Å². The molecule has 1 atom stereocenters. The van der Waals surface area contributed by atoms with Gasteiger partial charge >= 0.3 is 6.03 Å². The fourth-order valence-electron chi connectivity index (χ4n) is 2.80. The zero-order chi connectivity index (χ0) is 16.2. The van der Waals surface area contributed by atoms with E-state index in [-0.39, 0.29) is 30.9 Å². The molecular weight excluding hydrogens is 298 g/mol. The van der Waals surface area contributed by atoms with E-state index in [1.807, 2.05) is 0 Å². The van der Waals surface area contributed by atoms with Crippen molar-refractivity contribution in [3.05, 3.63) is 29.8 Å². The van der Waals surface area contributed by atoms with Crippen molar-refractivity contribution in [3.8, 4) is 0 Å². The van der Waals surface area contributed by atoms with Crippen LogP contribution >= 0.6 is 0 Å². The number of anilines is 1. The highest BCUT2D eigenvalue weighted by atomic mass is 16.5. The van der Waals surface area contributed by atoms with Crippen molar-refractivity contribution in [1.82, 2.24) is 10.6 Å². The molecule has 0 radical (unpaired) electrons. The Hall–Kier alpha value is -2.41. The van der Waals surface area contributed by atoms with Gasteiger partial charge in [-0.15, -0.1) is 0 Å². The molecule has 3 rings (SSSR count). The van der Waals surface area contributed by atoms with Gasteiger partial charge < -0.3 is 10.1 Å². The van der Waals surface area contributed by atoms with Crippen LogP contribution in [0.25, 0.3) is 0 Å². The quantitative estimate of drug-likeness (QED) is 0.868. The molecule has 0 aromatic heterocycles. The Kier molecular flexibility index (Phi) is 4.57. The van der Waals surface area contributed by atoms with Crippen molar-refractivity contribution in [3.63, 3.8) is 0 Å². The predicted molar refractivity (Wildman–Crippen MR) is 83.3 cm³/mol. The molecule has 1 aromatic rings. The predicted octanol–water partition coefficient (Wildman–Crippen LogP) is 1.04. The maximum Gasteiger partial charge on any atom is 0.328 e. The Morgan fingerprint density at radius 2 is 2.17 bits per heavy atom. The summed E-state index contributed by atoms with van der Waals surface area (Å²) < 4.78 is 5.49. The Morgan fingerprint density at radius 3 is 2.91 bits per heavy atom. The average Bonchev–Trinajstić information content (AvgIpc) is 3.06. The van der Waals surface area contributed by atoms with Crippen molar-refractivity contribution >= 4 is 23.5 Å². The number of carbonyl (C=O) groups excluding carboxylic acids is 3. The maximum absolute atomic E-state index is 12.4. The highest BCUT2D eigenvalue weighted by Crippen LogP contribution is 2.22. The lowest BCUT2D eigenvalue weighted by Gasteiger charge is -2.28. The number of rotatable bonds is 4. The molecule has 4 amide bonds. The van der Waals surface area contributed by atoms with Crippen molar-refractivity contribution < 1.29 is 19.1 Å². The largest absolute Gasteiger partial charge is 0.376 e. The third-order valence-electron chi connectivity index (χ3n) is 4.01. The smallest absolute Gasteiger partial charge is 0.328 e. The van der Waals surface area contributed by atoms with E-state index in [1.165, 1.54) is 4.90 Å². The van der Waals surface area contributed by atoms with Crippen LogP contribution in [0, 0.1) is 0 Å². The van der Waals surface area contributed by atoms with Crippen LogP contribution in [0.3, 0.4) is 0 Å². The number of imide groups is 1. The standard InChI is InChI=1S/C16H19N3O4/c20-14-7-8-19(16(22)18-14)13-6-2-1-5-12(13)15(21)17-10-11-4-3-9-23-11/h1-2,5-6,11H,3-4,7-10H2,(H,17,21)(H,18,20,22). The molecule has 2 aliphatic rings. The minimum Gasteiger partial charge on any atom is -0.376 e. The second kappa shape index (κ2) is 6.78. The monoisotopic (exact) mass is 317 g/mol. The van der Waals surface area contributed by atoms with Gasteiger partial charge in [0.15, 0.2) is 0 Å². The van der Waals surface area contributed by atoms with Crippen LogP contribution in [0.1, 0.15) is 29.6 Å². The Morgan fingerprint density at radius 1 is 1.35 bits per heavy atom. The van der Waals surface area contributed by atoms with Crippen LogP contribution in [0.5, 0.6) is 0 Å². The first-order chi connectivity index (χ1) is 11.1. The highest BCUT2D eigenvalue weighted by Gasteiger charge is 2.27. The van der Waals surface area contributed by atoms with E-state index in [1.54, 1.807) is 24.3 Å². The molecule has 0 spiro atoms. The average molecular weight is 317 g/mol. The summed E-state index contributed by atoms with van der Waals surface area (Å²) in [6, 6.07) is 6.38. The van der Waals surface area contributed by atoms with Gasteiger partial charge in [-0.05, 0) is 25.0 Å². The number of hydrogen-bond acceptors (Lipinski definition) is 4. The van der Waals surface area contributed by atoms with Gasteiger partial charge in [0.2, 0.25) is 5.91 Å². The van der Waals surface area contributed by atoms with Gasteiger partial charge in [0.25, 0.3) is 5.91 Å². The van der Waals surface area contributed by atoms with E-state index in [4.69, 9.17) is 4.74 Å². The first-order valence-corrected chi connectivity index (χ1v) is 7.75. The molecule has 122 valence electrons. The summed E-state index contributed by atoms with van der Waals surface area (Å²) in [7, 11) is 0. The molecule has 2 heterocycles. The van der Waals surface area contributed by atoms with Crippen molar-refractivity contribution in [2.24, 2.45) is 0 Å². The molecular formula is C16H19N3O4. The second-order valence-corrected chi connectivity index (χ2v) is 5.62. The zero-order valence-corrected chi connectivity index (χ0v) is 12.7. The summed E-state index contributed by atoms with van der Waals surface area (Å²) in [6.45, 7) is 1.46. The van der Waals surface area contributed by atoms with E-state index in [0.717, 1.165) is 19.4 Å². The third kappa shape index (κ3) is 3.50. The molecule has 7 nitrogen and oxygen atoms in total. The summed E-state index contributed by atoms with van der Waals surface area (Å²) in [6.07, 6.45) is 2.23. The van der Waals surface area contributed by atoms with Gasteiger partial charge in [-0.3, -0.25) is 19.8 Å².